The zero-order valence-corrected chi connectivity index (χ0v) is 16.6. The van der Waals surface area contributed by atoms with Crippen LogP contribution in [-0.4, -0.2) is 50.1 Å². The van der Waals surface area contributed by atoms with Gasteiger partial charge in [-0.25, -0.2) is 0 Å². The van der Waals surface area contributed by atoms with E-state index >= 15 is 0 Å². The van der Waals surface area contributed by atoms with Gasteiger partial charge in [0.05, 0.1) is 11.4 Å². The molecule has 0 atom stereocenters. The van der Waals surface area contributed by atoms with Crippen LogP contribution in [0.25, 0.3) is 0 Å². The van der Waals surface area contributed by atoms with Crippen molar-refractivity contribution in [2.24, 2.45) is 0 Å². The summed E-state index contributed by atoms with van der Waals surface area (Å²) in [6, 6.07) is 9.44. The summed E-state index contributed by atoms with van der Waals surface area (Å²) in [5.74, 6) is 1.15. The van der Waals surface area contributed by atoms with Gasteiger partial charge in [-0.2, -0.15) is 0 Å². The van der Waals surface area contributed by atoms with E-state index in [1.807, 2.05) is 29.6 Å². The van der Waals surface area contributed by atoms with Crippen molar-refractivity contribution in [2.45, 2.75) is 19.3 Å². The molecule has 1 N–H and O–H groups in total. The van der Waals surface area contributed by atoms with Crippen LogP contribution in [0.4, 0.5) is 0 Å². The second-order valence-electron chi connectivity index (χ2n) is 7.16. The molecule has 1 aromatic heterocycles. The Kier molecular flexibility index (Phi) is 5.70. The Balaban J connectivity index is 1.56. The summed E-state index contributed by atoms with van der Waals surface area (Å²) in [6.45, 7) is 5.68. The number of likely N-dealkylation sites (N-methyl/N-ethyl adjacent to an activating group) is 1. The molecular weight excluding hydrogens is 364 g/mol. The van der Waals surface area contributed by atoms with Gasteiger partial charge in [-0.15, -0.1) is 11.3 Å². The van der Waals surface area contributed by atoms with Crippen LogP contribution < -0.4 is 14.8 Å². The highest BCUT2D eigenvalue weighted by molar-refractivity contribution is 7.12. The molecule has 3 rings (SSSR count). The highest BCUT2D eigenvalue weighted by Crippen LogP contribution is 2.34. The lowest BCUT2D eigenvalue weighted by atomic mass is 9.84. The molecule has 0 fully saturated rings. The number of amides is 2. The summed E-state index contributed by atoms with van der Waals surface area (Å²) in [5.41, 5.74) is 0.761. The largest absolute Gasteiger partial charge is 0.486 e. The first-order valence-corrected chi connectivity index (χ1v) is 9.70. The van der Waals surface area contributed by atoms with Crippen molar-refractivity contribution in [3.8, 4) is 11.5 Å². The maximum atomic E-state index is 12.3. The van der Waals surface area contributed by atoms with Crippen LogP contribution in [0.2, 0.25) is 0 Å². The van der Waals surface area contributed by atoms with Crippen LogP contribution in [0.15, 0.2) is 35.7 Å². The summed E-state index contributed by atoms with van der Waals surface area (Å²) in [6.07, 6.45) is 0. The summed E-state index contributed by atoms with van der Waals surface area (Å²) in [5, 5.41) is 4.78. The number of hydrogen-bond acceptors (Lipinski definition) is 5. The average Bonchev–Trinajstić information content (AvgIpc) is 3.20. The molecule has 2 aromatic rings. The molecule has 0 aliphatic carbocycles. The van der Waals surface area contributed by atoms with Crippen molar-refractivity contribution in [3.05, 3.63) is 46.2 Å². The number of fused-ring (bicyclic) bond motifs is 1. The van der Waals surface area contributed by atoms with Crippen LogP contribution >= 0.6 is 11.3 Å². The molecule has 0 saturated heterocycles. The predicted octanol–water partition coefficient (Wildman–Crippen LogP) is 2.69. The van der Waals surface area contributed by atoms with Crippen molar-refractivity contribution >= 4 is 23.2 Å². The molecule has 0 spiro atoms. The smallest absolute Gasteiger partial charge is 0.264 e. The maximum Gasteiger partial charge on any atom is 0.264 e. The molecule has 2 heterocycles. The molecule has 1 aromatic carbocycles. The van der Waals surface area contributed by atoms with Gasteiger partial charge in [0.25, 0.3) is 5.91 Å². The molecular formula is C20H24N2O4S. The van der Waals surface area contributed by atoms with Crippen molar-refractivity contribution < 1.29 is 19.1 Å². The Bertz CT molecular complexity index is 817. The van der Waals surface area contributed by atoms with E-state index < -0.39 is 0 Å². The number of hydrogen-bond donors (Lipinski definition) is 1. The van der Waals surface area contributed by atoms with Crippen LogP contribution in [-0.2, 0) is 10.2 Å². The molecule has 0 radical (unpaired) electrons. The van der Waals surface area contributed by atoms with Crippen molar-refractivity contribution in [2.75, 3.05) is 33.4 Å². The molecule has 6 nitrogen and oxygen atoms in total. The topological polar surface area (TPSA) is 67.9 Å². The minimum atomic E-state index is -0.290. The first-order valence-electron chi connectivity index (χ1n) is 8.82. The number of rotatable bonds is 6. The Morgan fingerprint density at radius 1 is 1.19 bits per heavy atom. The van der Waals surface area contributed by atoms with E-state index in [9.17, 15) is 9.59 Å². The van der Waals surface area contributed by atoms with E-state index in [2.05, 4.69) is 19.2 Å². The monoisotopic (exact) mass is 388 g/mol. The summed E-state index contributed by atoms with van der Waals surface area (Å²) < 4.78 is 11.2. The van der Waals surface area contributed by atoms with E-state index in [-0.39, 0.29) is 23.8 Å². The third-order valence-electron chi connectivity index (χ3n) is 4.51. The average molecular weight is 388 g/mol. The number of benzene rings is 1. The molecule has 1 aliphatic heterocycles. The normalized spacial score (nSPS) is 13.1. The summed E-state index contributed by atoms with van der Waals surface area (Å²) >= 11 is 1.37. The van der Waals surface area contributed by atoms with Gasteiger partial charge in [-0.3, -0.25) is 9.59 Å². The second-order valence-corrected chi connectivity index (χ2v) is 8.11. The number of nitrogens with zero attached hydrogens (tertiary/aromatic N) is 1. The zero-order chi connectivity index (χ0) is 19.4. The molecule has 0 saturated carbocycles. The van der Waals surface area contributed by atoms with Gasteiger partial charge < -0.3 is 19.7 Å². The second kappa shape index (κ2) is 8.00. The standard InChI is InChI=1S/C20H24N2O4S/c1-20(2,14-6-7-15-16(11-14)26-9-8-25-15)13-21-18(23)12-22(3)19(24)17-5-4-10-27-17/h4-7,10-11H,8-9,12-13H2,1-3H3,(H,21,23). The van der Waals surface area contributed by atoms with E-state index in [0.29, 0.717) is 24.6 Å². The Labute approximate surface area is 163 Å². The molecule has 1 aliphatic rings. The lowest BCUT2D eigenvalue weighted by Gasteiger charge is -2.28. The van der Waals surface area contributed by atoms with Crippen LogP contribution in [0, 0.1) is 0 Å². The third kappa shape index (κ3) is 4.60. The van der Waals surface area contributed by atoms with Crippen LogP contribution in [0.1, 0.15) is 29.1 Å². The van der Waals surface area contributed by atoms with Gasteiger partial charge in [-0.05, 0) is 29.1 Å². The maximum absolute atomic E-state index is 12.3. The van der Waals surface area contributed by atoms with E-state index in [1.165, 1.54) is 16.2 Å². The van der Waals surface area contributed by atoms with Gasteiger partial charge in [0.15, 0.2) is 11.5 Å². The Morgan fingerprint density at radius 2 is 1.93 bits per heavy atom. The van der Waals surface area contributed by atoms with Gasteiger partial charge in [0.1, 0.15) is 13.2 Å². The first-order chi connectivity index (χ1) is 12.9. The minimum Gasteiger partial charge on any atom is -0.486 e. The first kappa shape index (κ1) is 19.2. The Morgan fingerprint density at radius 3 is 2.63 bits per heavy atom. The molecule has 7 heteroatoms. The van der Waals surface area contributed by atoms with Gasteiger partial charge in [-0.1, -0.05) is 26.0 Å². The fraction of sp³-hybridized carbons (Fsp3) is 0.400. The van der Waals surface area contributed by atoms with Gasteiger partial charge >= 0.3 is 0 Å². The number of carbonyl (C=O) groups excluding carboxylic acids is 2. The number of nitrogens with one attached hydrogen (secondary N) is 1. The number of carbonyl (C=O) groups is 2. The lowest BCUT2D eigenvalue weighted by molar-refractivity contribution is -0.121. The minimum absolute atomic E-state index is 0.0218. The fourth-order valence-electron chi connectivity index (χ4n) is 2.82. The summed E-state index contributed by atoms with van der Waals surface area (Å²) in [7, 11) is 1.63. The molecule has 0 bridgehead atoms. The van der Waals surface area contributed by atoms with E-state index in [0.717, 1.165) is 17.1 Å². The highest BCUT2D eigenvalue weighted by Gasteiger charge is 2.25. The van der Waals surface area contributed by atoms with Crippen molar-refractivity contribution in [3.63, 3.8) is 0 Å². The fourth-order valence-corrected chi connectivity index (χ4v) is 3.53. The highest BCUT2D eigenvalue weighted by atomic mass is 32.1. The molecule has 144 valence electrons. The third-order valence-corrected chi connectivity index (χ3v) is 5.37. The predicted molar refractivity (Wildman–Crippen MR) is 105 cm³/mol. The molecule has 27 heavy (non-hydrogen) atoms. The number of thiophene rings is 1. The SMILES string of the molecule is CN(CC(=O)NCC(C)(C)c1ccc2c(c1)OCCO2)C(=O)c1cccs1. The summed E-state index contributed by atoms with van der Waals surface area (Å²) in [4.78, 5) is 26.6. The number of ether oxygens (including phenoxy) is 2. The quantitative estimate of drug-likeness (QED) is 0.826. The van der Waals surface area contributed by atoms with Crippen molar-refractivity contribution in [1.29, 1.82) is 0 Å². The van der Waals surface area contributed by atoms with E-state index in [4.69, 9.17) is 9.47 Å². The molecule has 2 amide bonds. The van der Waals surface area contributed by atoms with Crippen LogP contribution in [0.5, 0.6) is 11.5 Å². The van der Waals surface area contributed by atoms with Gasteiger partial charge in [0.2, 0.25) is 5.91 Å². The lowest BCUT2D eigenvalue weighted by Crippen LogP contribution is -2.42. The zero-order valence-electron chi connectivity index (χ0n) is 15.8. The van der Waals surface area contributed by atoms with E-state index in [1.54, 1.807) is 13.1 Å². The van der Waals surface area contributed by atoms with Crippen molar-refractivity contribution in [1.82, 2.24) is 10.2 Å². The molecule has 0 unspecified atom stereocenters. The Hall–Kier alpha value is -2.54. The van der Waals surface area contributed by atoms with Gasteiger partial charge in [0, 0.05) is 19.0 Å². The van der Waals surface area contributed by atoms with Crippen LogP contribution in [0.3, 0.4) is 0 Å².